The van der Waals surface area contributed by atoms with E-state index in [-0.39, 0.29) is 56.5 Å². The molecule has 88 heavy (non-hydrogen) atoms. The van der Waals surface area contributed by atoms with E-state index < -0.39 is 137 Å². The minimum Gasteiger partial charge on any atom is -0.478 e. The van der Waals surface area contributed by atoms with Crippen LogP contribution < -0.4 is 0 Å². The predicted octanol–water partition coefficient (Wildman–Crippen LogP) is 7.14. The molecule has 4 amide bonds. The number of alkyl halides is 2. The van der Waals surface area contributed by atoms with Crippen LogP contribution in [0.25, 0.3) is 0 Å². The Kier molecular flexibility index (Phi) is 24.8. The highest BCUT2D eigenvalue weighted by Gasteiger charge is 2.59. The van der Waals surface area contributed by atoms with Crippen LogP contribution in [-0.2, 0) is 84.5 Å². The molecule has 21 nitrogen and oxygen atoms in total. The third-order valence-electron chi connectivity index (χ3n) is 16.5. The number of halogens is 2. The van der Waals surface area contributed by atoms with Gasteiger partial charge in [-0.1, -0.05) is 62.4 Å². The number of amides is 4. The van der Waals surface area contributed by atoms with Crippen molar-refractivity contribution in [1.82, 2.24) is 19.6 Å². The number of ether oxygens (including phenoxy) is 5. The van der Waals surface area contributed by atoms with Gasteiger partial charge in [0.25, 0.3) is 5.91 Å². The maximum atomic E-state index is 15.9. The Balaban J connectivity index is 1.46. The van der Waals surface area contributed by atoms with Crippen LogP contribution in [0.3, 0.4) is 0 Å². The Morgan fingerprint density at radius 1 is 0.602 bits per heavy atom. The van der Waals surface area contributed by atoms with E-state index in [0.29, 0.717) is 47.4 Å². The third kappa shape index (κ3) is 19.5. The maximum Gasteiger partial charge on any atom is 0.410 e. The van der Waals surface area contributed by atoms with Gasteiger partial charge in [-0.15, -0.1) is 0 Å². The van der Waals surface area contributed by atoms with Crippen molar-refractivity contribution in [3.63, 3.8) is 0 Å². The highest BCUT2D eigenvalue weighted by atomic mass is 19.1. The van der Waals surface area contributed by atoms with Crippen molar-refractivity contribution in [2.24, 2.45) is 17.8 Å². The van der Waals surface area contributed by atoms with Crippen molar-refractivity contribution < 1.29 is 90.3 Å². The first-order valence-electron chi connectivity index (χ1n) is 30.1. The van der Waals surface area contributed by atoms with E-state index in [1.807, 2.05) is 24.3 Å². The molecule has 0 spiro atoms. The van der Waals surface area contributed by atoms with E-state index in [9.17, 15) is 53.1 Å². The summed E-state index contributed by atoms with van der Waals surface area (Å²) in [5.74, 6) is -14.3. The number of rotatable bonds is 30. The average Bonchev–Trinajstić information content (AvgIpc) is 1.72. The Hall–Kier alpha value is -7.01. The second-order valence-corrected chi connectivity index (χ2v) is 26.3. The lowest BCUT2D eigenvalue weighted by molar-refractivity contribution is -0.171. The second-order valence-electron chi connectivity index (χ2n) is 26.3. The summed E-state index contributed by atoms with van der Waals surface area (Å²) in [6.45, 7) is 14.9. The number of hydrogen-bond donors (Lipinski definition) is 1. The van der Waals surface area contributed by atoms with Crippen LogP contribution in [0.2, 0.25) is 0 Å². The molecule has 2 aliphatic heterocycles. The largest absolute Gasteiger partial charge is 0.478 e. The van der Waals surface area contributed by atoms with Crippen LogP contribution in [0, 0.1) is 17.8 Å². The molecule has 1 saturated carbocycles. The number of carbonyl (C=O) groups excluding carboxylic acids is 10. The summed E-state index contributed by atoms with van der Waals surface area (Å²) >= 11 is 0. The number of nitrogens with zero attached hydrogens (tertiary/aromatic N) is 4. The predicted molar refractivity (Wildman–Crippen MR) is 317 cm³/mol. The quantitative estimate of drug-likeness (QED) is 0.0352. The van der Waals surface area contributed by atoms with Crippen molar-refractivity contribution in [3.8, 4) is 0 Å². The third-order valence-corrected chi connectivity index (χ3v) is 16.5. The SMILES string of the molecule is CC(C)C[C@@H](C(=O)[C@@H](C=O)C(=O)N(C)[C@@H](CC(C)(C)F)C(=O)O[C@H](Cc1ccc(C2CCOCC2)cc1)C(=O)O)N(C)C(=O)[C@@H](Cc1ccc(C2CCOCC2)cc1)OC(=O)[C@H](CC(C)(C)F)N(C)C(=O)[C@H](C=O)C(=O)C1(N(C)C(=O)OC(C)(C)C)CC1. The number of aldehydes is 2. The molecule has 486 valence electrons. The van der Waals surface area contributed by atoms with Gasteiger partial charge in [-0.2, -0.15) is 0 Å². The molecule has 0 bridgehead atoms. The molecule has 1 aliphatic carbocycles. The number of esters is 2. The molecular formula is C65H90F2N4O17. The molecule has 7 atom stereocenters. The molecule has 23 heteroatoms. The number of ketones is 2. The van der Waals surface area contributed by atoms with E-state index in [2.05, 4.69) is 0 Å². The molecule has 3 aliphatic rings. The minimum atomic E-state index is -2.26. The molecule has 0 radical (unpaired) electrons. The van der Waals surface area contributed by atoms with Gasteiger partial charge in [0.05, 0.1) is 6.04 Å². The number of hydrogen-bond acceptors (Lipinski definition) is 16. The summed E-state index contributed by atoms with van der Waals surface area (Å²) in [5, 5.41) is 10.2. The second kappa shape index (κ2) is 30.5. The van der Waals surface area contributed by atoms with Gasteiger partial charge in [0.2, 0.25) is 17.9 Å². The Morgan fingerprint density at radius 3 is 1.35 bits per heavy atom. The first-order chi connectivity index (χ1) is 41.0. The lowest BCUT2D eigenvalue weighted by Gasteiger charge is -2.36. The maximum absolute atomic E-state index is 15.9. The summed E-state index contributed by atoms with van der Waals surface area (Å²) in [6.07, 6.45) is -3.66. The van der Waals surface area contributed by atoms with Crippen molar-refractivity contribution in [2.45, 2.75) is 198 Å². The highest BCUT2D eigenvalue weighted by Crippen LogP contribution is 2.44. The summed E-state index contributed by atoms with van der Waals surface area (Å²) in [4.78, 5) is 157. The van der Waals surface area contributed by atoms with Crippen molar-refractivity contribution in [1.29, 1.82) is 0 Å². The van der Waals surface area contributed by atoms with Gasteiger partial charge in [-0.05, 0) is 133 Å². The fourth-order valence-electron chi connectivity index (χ4n) is 11.2. The number of carbonyl (C=O) groups is 11. The molecule has 0 unspecified atom stereocenters. The minimum absolute atomic E-state index is 0.00544. The van der Waals surface area contributed by atoms with Gasteiger partial charge in [0, 0.05) is 80.3 Å². The smallest absolute Gasteiger partial charge is 0.410 e. The molecule has 2 aromatic carbocycles. The molecule has 5 rings (SSSR count). The fraction of sp³-hybridized carbons (Fsp3) is 0.646. The summed E-state index contributed by atoms with van der Waals surface area (Å²) in [6, 6.07) is 8.78. The van der Waals surface area contributed by atoms with E-state index in [1.165, 1.54) is 14.1 Å². The zero-order chi connectivity index (χ0) is 65.8. The van der Waals surface area contributed by atoms with Gasteiger partial charge in [-0.25, -0.2) is 28.0 Å². The molecule has 1 N–H and O–H groups in total. The summed E-state index contributed by atoms with van der Waals surface area (Å²) in [5.41, 5.74) is -4.09. The zero-order valence-electron chi connectivity index (χ0n) is 53.2. The van der Waals surface area contributed by atoms with E-state index in [1.54, 1.807) is 58.9 Å². The van der Waals surface area contributed by atoms with E-state index in [0.717, 1.165) is 88.4 Å². The topological polar surface area (TPSA) is 267 Å². The molecule has 0 aromatic heterocycles. The number of benzene rings is 2. The van der Waals surface area contributed by atoms with Crippen LogP contribution in [0.4, 0.5) is 13.6 Å². The van der Waals surface area contributed by atoms with Gasteiger partial charge < -0.3 is 53.1 Å². The first-order valence-corrected chi connectivity index (χ1v) is 30.1. The van der Waals surface area contributed by atoms with E-state index >= 15 is 13.6 Å². The molecular weight excluding hydrogens is 1150 g/mol. The van der Waals surface area contributed by atoms with Gasteiger partial charge in [0.15, 0.2) is 29.5 Å². The molecule has 2 aromatic rings. The van der Waals surface area contributed by atoms with Crippen LogP contribution in [-0.4, -0.2) is 198 Å². The number of aliphatic carboxylic acids is 1. The normalized spacial score (nSPS) is 18.0. The number of likely N-dealkylation sites (N-methyl/N-ethyl adjacent to an activating group) is 4. The van der Waals surface area contributed by atoms with E-state index in [4.69, 9.17) is 23.7 Å². The monoisotopic (exact) mass is 1240 g/mol. The summed E-state index contributed by atoms with van der Waals surface area (Å²) in [7, 11) is 4.55. The Labute approximate surface area is 514 Å². The van der Waals surface area contributed by atoms with Gasteiger partial charge in [0.1, 0.15) is 47.1 Å². The molecule has 3 fully saturated rings. The lowest BCUT2D eigenvalue weighted by Crippen LogP contribution is -2.56. The fourth-order valence-corrected chi connectivity index (χ4v) is 11.2. The van der Waals surface area contributed by atoms with Crippen molar-refractivity contribution in [3.05, 3.63) is 70.8 Å². The lowest BCUT2D eigenvalue weighted by atomic mass is 9.89. The Bertz CT molecular complexity index is 2810. The number of Topliss-reactive ketones (excluding diaryl/α,β-unsaturated/α-hetero) is 2. The Morgan fingerprint density at radius 2 is 0.989 bits per heavy atom. The zero-order valence-corrected chi connectivity index (χ0v) is 53.2. The summed E-state index contributed by atoms with van der Waals surface area (Å²) < 4.78 is 59.5. The highest BCUT2D eigenvalue weighted by molar-refractivity contribution is 6.18. The van der Waals surface area contributed by atoms with Crippen molar-refractivity contribution >= 4 is 65.9 Å². The van der Waals surface area contributed by atoms with Gasteiger partial charge in [-0.3, -0.25) is 28.9 Å². The van der Waals surface area contributed by atoms with Gasteiger partial charge >= 0.3 is 24.0 Å². The van der Waals surface area contributed by atoms with Crippen LogP contribution in [0.15, 0.2) is 48.5 Å². The standard InChI is InChI=1S/C65H90F2N4O17/c1-39(2)32-48(53(74)46(37-72)55(76)69(11)50(36-64(8,9)67)60(82)87-52(58(79)80)34-41-16-20-43(21-17-41)45-24-30-85-31-25-45)68(10)57(78)51(33-40-14-18-42(19-15-40)44-22-28-84-29-23-44)86-59(81)49(35-63(6,7)66)70(12)56(77)47(38-73)54(75)65(26-27-65)71(13)61(83)88-62(3,4)5/h14-21,37-39,44-52H,22-36H2,1-13H3,(H,79,80)/t46-,47-,48+,49+,50+,51-,52-/m1/s1. The van der Waals surface area contributed by atoms with Crippen LogP contribution in [0.5, 0.6) is 0 Å². The molecule has 2 saturated heterocycles. The number of carboxylic acid groups (broad SMARTS) is 1. The number of carboxylic acids is 1. The van der Waals surface area contributed by atoms with Crippen LogP contribution in [0.1, 0.15) is 154 Å². The van der Waals surface area contributed by atoms with Crippen molar-refractivity contribution in [2.75, 3.05) is 54.6 Å². The molecule has 2 heterocycles. The average molecular weight is 1240 g/mol. The van der Waals surface area contributed by atoms with Crippen LogP contribution >= 0.6 is 0 Å². The first kappa shape index (κ1) is 71.7.